The van der Waals surface area contributed by atoms with E-state index in [1.54, 1.807) is 4.90 Å². The fraction of sp³-hybridized carbons (Fsp3) is 0.650. The maximum absolute atomic E-state index is 12.6. The summed E-state index contributed by atoms with van der Waals surface area (Å²) in [6, 6.07) is 9.34. The molecule has 0 aliphatic carbocycles. The summed E-state index contributed by atoms with van der Waals surface area (Å²) >= 11 is 0. The molecule has 0 radical (unpaired) electrons. The van der Waals surface area contributed by atoms with E-state index in [1.807, 2.05) is 37.3 Å². The van der Waals surface area contributed by atoms with Crippen LogP contribution in [0.5, 0.6) is 0 Å². The van der Waals surface area contributed by atoms with Crippen LogP contribution in [0.3, 0.4) is 0 Å². The molecule has 1 saturated heterocycles. The Morgan fingerprint density at radius 1 is 1.27 bits per heavy atom. The second kappa shape index (κ2) is 8.11. The second-order valence-electron chi connectivity index (χ2n) is 8.72. The minimum absolute atomic E-state index is 0.0680. The number of likely N-dealkylation sites (tertiary alicyclic amines) is 1. The lowest BCUT2D eigenvalue weighted by atomic mass is 10.0. The summed E-state index contributed by atoms with van der Waals surface area (Å²) in [5.74, 6) is 0.0680. The van der Waals surface area contributed by atoms with Crippen molar-refractivity contribution in [1.82, 2.24) is 4.90 Å². The molecule has 0 aromatic heterocycles. The molecule has 5 nitrogen and oxygen atoms in total. The first-order valence-electron chi connectivity index (χ1n) is 9.33. The van der Waals surface area contributed by atoms with Gasteiger partial charge in [0, 0.05) is 12.5 Å². The Morgan fingerprint density at radius 2 is 1.88 bits per heavy atom. The van der Waals surface area contributed by atoms with Gasteiger partial charge >= 0.3 is 6.09 Å². The van der Waals surface area contributed by atoms with Crippen LogP contribution in [0.15, 0.2) is 30.3 Å². The molecule has 0 bridgehead atoms. The Kier molecular flexibility index (Phi) is 6.53. The number of hydrogen-bond acceptors (Lipinski definition) is 4. The topological polar surface area (TPSA) is 59.0 Å². The van der Waals surface area contributed by atoms with Crippen molar-refractivity contribution < 1.29 is 19.1 Å². The van der Waals surface area contributed by atoms with Crippen LogP contribution >= 0.6 is 0 Å². The number of aliphatic hydroxyl groups is 1. The van der Waals surface area contributed by atoms with Gasteiger partial charge in [-0.05, 0) is 23.7 Å². The fourth-order valence-electron chi connectivity index (χ4n) is 3.00. The highest BCUT2D eigenvalue weighted by Crippen LogP contribution is 2.40. The third kappa shape index (κ3) is 4.67. The first kappa shape index (κ1) is 20.9. The highest BCUT2D eigenvalue weighted by molar-refractivity contribution is 6.74. The van der Waals surface area contributed by atoms with Crippen LogP contribution in [0.4, 0.5) is 4.79 Å². The standard InChI is InChI=1S/C20H33NO4Si/c1-15-17(13-22)21(12-18(15)25-26(5,6)20(2,3)4)19(23)24-14-16-10-8-7-9-11-16/h7-11,15,17-18,22H,12-14H2,1-6H3/t15-,17-,18-/m1/s1. The average molecular weight is 380 g/mol. The lowest BCUT2D eigenvalue weighted by Crippen LogP contribution is -2.46. The Labute approximate surface area is 158 Å². The fourth-order valence-corrected chi connectivity index (χ4v) is 4.40. The third-order valence-corrected chi connectivity index (χ3v) is 10.4. The zero-order valence-electron chi connectivity index (χ0n) is 16.9. The number of ether oxygens (including phenoxy) is 1. The van der Waals surface area contributed by atoms with Gasteiger partial charge in [-0.3, -0.25) is 4.90 Å². The number of carbonyl (C=O) groups is 1. The molecule has 1 amide bonds. The smallest absolute Gasteiger partial charge is 0.410 e. The van der Waals surface area contributed by atoms with Crippen LogP contribution in [-0.2, 0) is 15.8 Å². The van der Waals surface area contributed by atoms with Gasteiger partial charge in [-0.2, -0.15) is 0 Å². The maximum Gasteiger partial charge on any atom is 0.410 e. The third-order valence-electron chi connectivity index (χ3n) is 5.85. The predicted molar refractivity (Wildman–Crippen MR) is 105 cm³/mol. The molecule has 6 heteroatoms. The Bertz CT molecular complexity index is 600. The van der Waals surface area contributed by atoms with Crippen molar-refractivity contribution in [3.8, 4) is 0 Å². The molecule has 1 heterocycles. The van der Waals surface area contributed by atoms with Gasteiger partial charge in [-0.1, -0.05) is 58.0 Å². The summed E-state index contributed by atoms with van der Waals surface area (Å²) in [6.45, 7) is 13.7. The molecular formula is C20H33NO4Si. The number of amides is 1. The number of aliphatic hydroxyl groups excluding tert-OH is 1. The summed E-state index contributed by atoms with van der Waals surface area (Å²) in [7, 11) is -1.95. The van der Waals surface area contributed by atoms with E-state index in [-0.39, 0.29) is 42.4 Å². The summed E-state index contributed by atoms with van der Waals surface area (Å²) in [6.07, 6.45) is -0.460. The van der Waals surface area contributed by atoms with Crippen molar-refractivity contribution in [3.05, 3.63) is 35.9 Å². The van der Waals surface area contributed by atoms with Crippen LogP contribution in [0.1, 0.15) is 33.3 Å². The zero-order valence-corrected chi connectivity index (χ0v) is 17.9. The minimum Gasteiger partial charge on any atom is -0.445 e. The van der Waals surface area contributed by atoms with E-state index in [4.69, 9.17) is 9.16 Å². The lowest BCUT2D eigenvalue weighted by molar-refractivity contribution is 0.0738. The predicted octanol–water partition coefficient (Wildman–Crippen LogP) is 4.03. The molecule has 146 valence electrons. The van der Waals surface area contributed by atoms with E-state index in [1.165, 1.54) is 0 Å². The molecule has 1 aromatic rings. The van der Waals surface area contributed by atoms with Crippen molar-refractivity contribution in [2.24, 2.45) is 5.92 Å². The van der Waals surface area contributed by atoms with Crippen LogP contribution < -0.4 is 0 Å². The first-order valence-corrected chi connectivity index (χ1v) is 12.2. The Balaban J connectivity index is 2.03. The van der Waals surface area contributed by atoms with Crippen molar-refractivity contribution in [1.29, 1.82) is 0 Å². The summed E-state index contributed by atoms with van der Waals surface area (Å²) in [4.78, 5) is 14.2. The molecule has 1 aliphatic heterocycles. The number of hydrogen-bond donors (Lipinski definition) is 1. The van der Waals surface area contributed by atoms with Gasteiger partial charge in [-0.25, -0.2) is 4.79 Å². The molecule has 3 atom stereocenters. The van der Waals surface area contributed by atoms with E-state index < -0.39 is 8.32 Å². The Hall–Kier alpha value is -1.37. The summed E-state index contributed by atoms with van der Waals surface area (Å²) in [5, 5.41) is 9.92. The van der Waals surface area contributed by atoms with Crippen LogP contribution in [0, 0.1) is 5.92 Å². The monoisotopic (exact) mass is 379 g/mol. The normalized spacial score (nSPS) is 24.0. The molecule has 26 heavy (non-hydrogen) atoms. The number of carbonyl (C=O) groups excluding carboxylic acids is 1. The highest BCUT2D eigenvalue weighted by atomic mass is 28.4. The molecule has 0 saturated carbocycles. The van der Waals surface area contributed by atoms with E-state index in [2.05, 4.69) is 33.9 Å². The molecule has 2 rings (SSSR count). The van der Waals surface area contributed by atoms with E-state index >= 15 is 0 Å². The largest absolute Gasteiger partial charge is 0.445 e. The quantitative estimate of drug-likeness (QED) is 0.785. The molecule has 1 aliphatic rings. The molecule has 1 fully saturated rings. The van der Waals surface area contributed by atoms with Gasteiger partial charge in [0.1, 0.15) is 6.61 Å². The van der Waals surface area contributed by atoms with Crippen LogP contribution in [-0.4, -0.2) is 49.7 Å². The van der Waals surface area contributed by atoms with Crippen LogP contribution in [0.25, 0.3) is 0 Å². The molecule has 1 aromatic carbocycles. The zero-order chi connectivity index (χ0) is 19.5. The van der Waals surface area contributed by atoms with Crippen molar-refractivity contribution in [2.75, 3.05) is 13.2 Å². The highest BCUT2D eigenvalue weighted by Gasteiger charge is 2.47. The van der Waals surface area contributed by atoms with E-state index in [9.17, 15) is 9.90 Å². The number of benzene rings is 1. The van der Waals surface area contributed by atoms with Crippen molar-refractivity contribution in [2.45, 2.75) is 64.6 Å². The summed E-state index contributed by atoms with van der Waals surface area (Å²) in [5.41, 5.74) is 0.947. The van der Waals surface area contributed by atoms with Gasteiger partial charge in [0.05, 0.1) is 18.8 Å². The van der Waals surface area contributed by atoms with Gasteiger partial charge in [0.2, 0.25) is 0 Å². The molecule has 0 spiro atoms. The number of nitrogens with zero attached hydrogens (tertiary/aromatic N) is 1. The summed E-state index contributed by atoms with van der Waals surface area (Å²) < 4.78 is 12.0. The minimum atomic E-state index is -1.95. The van der Waals surface area contributed by atoms with Crippen molar-refractivity contribution >= 4 is 14.4 Å². The molecule has 1 N–H and O–H groups in total. The van der Waals surface area contributed by atoms with E-state index in [0.717, 1.165) is 5.56 Å². The number of rotatable bonds is 5. The van der Waals surface area contributed by atoms with Gasteiger partial charge in [-0.15, -0.1) is 0 Å². The first-order chi connectivity index (χ1) is 12.1. The van der Waals surface area contributed by atoms with E-state index in [0.29, 0.717) is 6.54 Å². The molecular weight excluding hydrogens is 346 g/mol. The van der Waals surface area contributed by atoms with Gasteiger partial charge in [0.25, 0.3) is 0 Å². The Morgan fingerprint density at radius 3 is 2.42 bits per heavy atom. The SMILES string of the molecule is C[C@@H]1[C@@H](CO)N(C(=O)OCc2ccccc2)C[C@H]1O[Si](C)(C)C(C)(C)C. The average Bonchev–Trinajstić information content (AvgIpc) is 2.88. The van der Waals surface area contributed by atoms with Gasteiger partial charge in [0.15, 0.2) is 8.32 Å². The lowest BCUT2D eigenvalue weighted by Gasteiger charge is -2.39. The van der Waals surface area contributed by atoms with Crippen molar-refractivity contribution in [3.63, 3.8) is 0 Å². The second-order valence-corrected chi connectivity index (χ2v) is 13.5. The van der Waals surface area contributed by atoms with Gasteiger partial charge < -0.3 is 14.3 Å². The molecule has 0 unspecified atom stereocenters. The maximum atomic E-state index is 12.6. The van der Waals surface area contributed by atoms with Crippen LogP contribution in [0.2, 0.25) is 18.1 Å².